The van der Waals surface area contributed by atoms with Crippen molar-refractivity contribution in [2.24, 2.45) is 0 Å². The summed E-state index contributed by atoms with van der Waals surface area (Å²) in [5, 5.41) is 9.16. The van der Waals surface area contributed by atoms with Gasteiger partial charge in [-0.25, -0.2) is 9.37 Å². The molecule has 1 N–H and O–H groups in total. The van der Waals surface area contributed by atoms with Crippen LogP contribution in [0, 0.1) is 5.82 Å². The van der Waals surface area contributed by atoms with Gasteiger partial charge in [-0.3, -0.25) is 0 Å². The standard InChI is InChI=1S/C17H15FN2O3/c18-12-5-2-1-4-11(12)17-19-13-8-15-16(23-10-22-15)9-14(13)20(17)6-3-7-21/h1-2,4-5,8-9,21H,3,6-7,10H2. The van der Waals surface area contributed by atoms with Crippen LogP contribution in [0.1, 0.15) is 6.42 Å². The third-order valence-corrected chi connectivity index (χ3v) is 3.90. The molecule has 2 heterocycles. The molecule has 6 heteroatoms. The Bertz CT molecular complexity index is 876. The van der Waals surface area contributed by atoms with Crippen molar-refractivity contribution in [2.75, 3.05) is 13.4 Å². The van der Waals surface area contributed by atoms with Crippen molar-refractivity contribution in [2.45, 2.75) is 13.0 Å². The van der Waals surface area contributed by atoms with Crippen LogP contribution < -0.4 is 9.47 Å². The third-order valence-electron chi connectivity index (χ3n) is 3.90. The summed E-state index contributed by atoms with van der Waals surface area (Å²) in [5.41, 5.74) is 1.98. The van der Waals surface area contributed by atoms with Crippen molar-refractivity contribution in [1.29, 1.82) is 0 Å². The van der Waals surface area contributed by atoms with Gasteiger partial charge in [0.1, 0.15) is 11.6 Å². The van der Waals surface area contributed by atoms with Crippen LogP contribution in [0.2, 0.25) is 0 Å². The van der Waals surface area contributed by atoms with Gasteiger partial charge in [-0.2, -0.15) is 0 Å². The Morgan fingerprint density at radius 1 is 1.17 bits per heavy atom. The molecule has 0 aliphatic carbocycles. The predicted molar refractivity (Wildman–Crippen MR) is 83.0 cm³/mol. The fourth-order valence-corrected chi connectivity index (χ4v) is 2.82. The number of aliphatic hydroxyl groups excluding tert-OH is 1. The summed E-state index contributed by atoms with van der Waals surface area (Å²) < 4.78 is 26.9. The Labute approximate surface area is 131 Å². The van der Waals surface area contributed by atoms with E-state index in [1.165, 1.54) is 6.07 Å². The number of rotatable bonds is 4. The van der Waals surface area contributed by atoms with Crippen LogP contribution in [-0.4, -0.2) is 28.1 Å². The second kappa shape index (κ2) is 5.55. The highest BCUT2D eigenvalue weighted by molar-refractivity contribution is 5.84. The maximum atomic E-state index is 14.2. The molecule has 0 atom stereocenters. The summed E-state index contributed by atoms with van der Waals surface area (Å²) in [7, 11) is 0. The van der Waals surface area contributed by atoms with Gasteiger partial charge < -0.3 is 19.1 Å². The molecular formula is C17H15FN2O3. The largest absolute Gasteiger partial charge is 0.454 e. The third kappa shape index (κ3) is 2.31. The SMILES string of the molecule is OCCCn1c(-c2ccccc2F)nc2cc3c(cc21)OCO3. The van der Waals surface area contributed by atoms with Gasteiger partial charge in [0, 0.05) is 25.3 Å². The quantitative estimate of drug-likeness (QED) is 0.804. The Balaban J connectivity index is 1.94. The molecule has 5 nitrogen and oxygen atoms in total. The highest BCUT2D eigenvalue weighted by Gasteiger charge is 2.20. The Hall–Kier alpha value is -2.60. The predicted octanol–water partition coefficient (Wildman–Crippen LogP) is 2.95. The molecule has 1 aliphatic heterocycles. The Morgan fingerprint density at radius 2 is 1.96 bits per heavy atom. The fraction of sp³-hybridized carbons (Fsp3) is 0.235. The minimum atomic E-state index is -0.326. The van der Waals surface area contributed by atoms with E-state index >= 15 is 0 Å². The summed E-state index contributed by atoms with van der Waals surface area (Å²) in [5.74, 6) is 1.51. The topological polar surface area (TPSA) is 56.5 Å². The van der Waals surface area contributed by atoms with E-state index in [1.807, 2.05) is 10.6 Å². The van der Waals surface area contributed by atoms with E-state index in [1.54, 1.807) is 24.3 Å². The number of hydrogen-bond donors (Lipinski definition) is 1. The highest BCUT2D eigenvalue weighted by atomic mass is 19.1. The van der Waals surface area contributed by atoms with Crippen molar-refractivity contribution in [1.82, 2.24) is 9.55 Å². The van der Waals surface area contributed by atoms with Crippen LogP contribution >= 0.6 is 0 Å². The van der Waals surface area contributed by atoms with E-state index in [0.29, 0.717) is 41.4 Å². The molecule has 0 amide bonds. The lowest BCUT2D eigenvalue weighted by Gasteiger charge is -2.09. The van der Waals surface area contributed by atoms with Crippen molar-refractivity contribution in [3.63, 3.8) is 0 Å². The molecule has 3 aromatic rings. The van der Waals surface area contributed by atoms with Crippen molar-refractivity contribution >= 4 is 11.0 Å². The molecule has 0 bridgehead atoms. The van der Waals surface area contributed by atoms with Crippen LogP contribution in [0.25, 0.3) is 22.4 Å². The van der Waals surface area contributed by atoms with E-state index in [-0.39, 0.29) is 19.2 Å². The first-order valence-corrected chi connectivity index (χ1v) is 7.43. The molecule has 0 saturated carbocycles. The molecular weight excluding hydrogens is 299 g/mol. The van der Waals surface area contributed by atoms with Gasteiger partial charge in [0.25, 0.3) is 0 Å². The number of ether oxygens (including phenoxy) is 2. The highest BCUT2D eigenvalue weighted by Crippen LogP contribution is 2.37. The second-order valence-electron chi connectivity index (χ2n) is 5.34. The van der Waals surface area contributed by atoms with Gasteiger partial charge in [-0.1, -0.05) is 12.1 Å². The summed E-state index contributed by atoms with van der Waals surface area (Å²) in [4.78, 5) is 4.58. The van der Waals surface area contributed by atoms with Gasteiger partial charge >= 0.3 is 0 Å². The zero-order valence-electron chi connectivity index (χ0n) is 12.3. The van der Waals surface area contributed by atoms with Gasteiger partial charge in [-0.15, -0.1) is 0 Å². The number of nitrogens with zero attached hydrogens (tertiary/aromatic N) is 2. The van der Waals surface area contributed by atoms with E-state index in [0.717, 1.165) is 5.52 Å². The van der Waals surface area contributed by atoms with Gasteiger partial charge in [0.15, 0.2) is 11.5 Å². The Kier molecular flexibility index (Phi) is 3.38. The molecule has 23 heavy (non-hydrogen) atoms. The number of aryl methyl sites for hydroxylation is 1. The number of aliphatic hydroxyl groups is 1. The zero-order valence-corrected chi connectivity index (χ0v) is 12.3. The number of benzene rings is 2. The number of aromatic nitrogens is 2. The molecule has 4 rings (SSSR count). The molecule has 1 aromatic heterocycles. The number of fused-ring (bicyclic) bond motifs is 2. The lowest BCUT2D eigenvalue weighted by atomic mass is 10.2. The molecule has 0 saturated heterocycles. The zero-order chi connectivity index (χ0) is 15.8. The minimum Gasteiger partial charge on any atom is -0.454 e. The van der Waals surface area contributed by atoms with Crippen LogP contribution in [0.15, 0.2) is 36.4 Å². The smallest absolute Gasteiger partial charge is 0.231 e. The van der Waals surface area contributed by atoms with Gasteiger partial charge in [0.05, 0.1) is 16.6 Å². The number of hydrogen-bond acceptors (Lipinski definition) is 4. The van der Waals surface area contributed by atoms with Crippen LogP contribution in [0.4, 0.5) is 4.39 Å². The molecule has 0 spiro atoms. The van der Waals surface area contributed by atoms with Crippen molar-refractivity contribution in [3.05, 3.63) is 42.2 Å². The van der Waals surface area contributed by atoms with E-state index in [4.69, 9.17) is 14.6 Å². The van der Waals surface area contributed by atoms with Crippen molar-refractivity contribution < 1.29 is 19.0 Å². The number of halogens is 1. The molecule has 1 aliphatic rings. The maximum Gasteiger partial charge on any atom is 0.231 e. The van der Waals surface area contributed by atoms with Gasteiger partial charge in [0.2, 0.25) is 6.79 Å². The van der Waals surface area contributed by atoms with Gasteiger partial charge in [-0.05, 0) is 18.6 Å². The first-order chi connectivity index (χ1) is 11.3. The molecule has 2 aromatic carbocycles. The van der Waals surface area contributed by atoms with E-state index in [9.17, 15) is 4.39 Å². The maximum absolute atomic E-state index is 14.2. The first-order valence-electron chi connectivity index (χ1n) is 7.43. The monoisotopic (exact) mass is 314 g/mol. The fourth-order valence-electron chi connectivity index (χ4n) is 2.82. The number of imidazole rings is 1. The Morgan fingerprint density at radius 3 is 2.74 bits per heavy atom. The molecule has 0 radical (unpaired) electrons. The lowest BCUT2D eigenvalue weighted by molar-refractivity contribution is 0.174. The average molecular weight is 314 g/mol. The van der Waals surface area contributed by atoms with Crippen molar-refractivity contribution in [3.8, 4) is 22.9 Å². The molecule has 0 unspecified atom stereocenters. The molecule has 0 fully saturated rings. The van der Waals surface area contributed by atoms with Crippen LogP contribution in [-0.2, 0) is 6.54 Å². The summed E-state index contributed by atoms with van der Waals surface area (Å²) in [6, 6.07) is 10.2. The van der Waals surface area contributed by atoms with E-state index < -0.39 is 0 Å². The second-order valence-corrected chi connectivity index (χ2v) is 5.34. The minimum absolute atomic E-state index is 0.0565. The summed E-state index contributed by atoms with van der Waals surface area (Å²) in [6.07, 6.45) is 0.557. The van der Waals surface area contributed by atoms with E-state index in [2.05, 4.69) is 4.98 Å². The lowest BCUT2D eigenvalue weighted by Crippen LogP contribution is -2.03. The van der Waals surface area contributed by atoms with Crippen LogP contribution in [0.5, 0.6) is 11.5 Å². The molecule has 118 valence electrons. The summed E-state index contributed by atoms with van der Waals surface area (Å²) >= 11 is 0. The normalized spacial score (nSPS) is 13.0. The van der Waals surface area contributed by atoms with Crippen LogP contribution in [0.3, 0.4) is 0 Å². The first kappa shape index (κ1) is 14.0. The summed E-state index contributed by atoms with van der Waals surface area (Å²) in [6.45, 7) is 0.788. The average Bonchev–Trinajstić information content (AvgIpc) is 3.14.